The number of piperazine rings is 1. The van der Waals surface area contributed by atoms with Crippen molar-refractivity contribution in [1.82, 2.24) is 24.8 Å². The summed E-state index contributed by atoms with van der Waals surface area (Å²) in [4.78, 5) is 25.2. The molecule has 2 aliphatic heterocycles. The summed E-state index contributed by atoms with van der Waals surface area (Å²) in [5.41, 5.74) is 3.44. The molecule has 0 aliphatic carbocycles. The normalized spacial score (nSPS) is 16.1. The van der Waals surface area contributed by atoms with Crippen molar-refractivity contribution in [2.24, 2.45) is 0 Å². The molecular weight excluding hydrogens is 446 g/mol. The summed E-state index contributed by atoms with van der Waals surface area (Å²) in [6.07, 6.45) is 6.46. The third-order valence-electron chi connectivity index (χ3n) is 6.53. The van der Waals surface area contributed by atoms with Gasteiger partial charge in [-0.25, -0.2) is 19.9 Å². The minimum absolute atomic E-state index is 0.612. The Morgan fingerprint density at radius 3 is 2.09 bits per heavy atom. The Hall–Kier alpha value is -3.66. The Labute approximate surface area is 205 Å². The van der Waals surface area contributed by atoms with Gasteiger partial charge in [-0.1, -0.05) is 0 Å². The lowest BCUT2D eigenvalue weighted by Crippen LogP contribution is -2.47. The van der Waals surface area contributed by atoms with E-state index in [1.807, 2.05) is 24.4 Å². The van der Waals surface area contributed by atoms with Crippen LogP contribution in [0.1, 0.15) is 16.8 Å². The maximum Gasteiger partial charge on any atom is 0.225 e. The van der Waals surface area contributed by atoms with Crippen molar-refractivity contribution in [2.75, 3.05) is 63.9 Å². The first-order valence-corrected chi connectivity index (χ1v) is 11.8. The van der Waals surface area contributed by atoms with Crippen LogP contribution in [0.5, 0.6) is 17.2 Å². The molecule has 2 aliphatic rings. The van der Waals surface area contributed by atoms with Gasteiger partial charge in [0.05, 0.1) is 27.0 Å². The summed E-state index contributed by atoms with van der Waals surface area (Å²) in [6, 6.07) is 5.86. The van der Waals surface area contributed by atoms with Crippen LogP contribution in [0.3, 0.4) is 0 Å². The highest BCUT2D eigenvalue weighted by Gasteiger charge is 2.24. The van der Waals surface area contributed by atoms with Gasteiger partial charge in [0.1, 0.15) is 0 Å². The van der Waals surface area contributed by atoms with Crippen LogP contribution < -0.4 is 24.0 Å². The van der Waals surface area contributed by atoms with Gasteiger partial charge in [0, 0.05) is 76.4 Å². The number of hydrogen-bond donors (Lipinski definition) is 0. The van der Waals surface area contributed by atoms with Gasteiger partial charge in [-0.3, -0.25) is 4.90 Å². The van der Waals surface area contributed by atoms with Crippen molar-refractivity contribution in [3.05, 3.63) is 53.6 Å². The highest BCUT2D eigenvalue weighted by atomic mass is 16.5. The molecule has 10 heteroatoms. The van der Waals surface area contributed by atoms with Crippen LogP contribution >= 0.6 is 0 Å². The number of fused-ring (bicyclic) bond motifs is 1. The van der Waals surface area contributed by atoms with E-state index >= 15 is 0 Å². The number of aromatic nitrogens is 4. The third kappa shape index (κ3) is 4.93. The van der Waals surface area contributed by atoms with Crippen molar-refractivity contribution in [3.8, 4) is 17.2 Å². The van der Waals surface area contributed by atoms with Crippen molar-refractivity contribution in [3.63, 3.8) is 0 Å². The number of methoxy groups -OCH3 is 3. The highest BCUT2D eigenvalue weighted by molar-refractivity contribution is 5.53. The monoisotopic (exact) mass is 477 g/mol. The van der Waals surface area contributed by atoms with Crippen molar-refractivity contribution in [2.45, 2.75) is 19.5 Å². The average molecular weight is 478 g/mol. The van der Waals surface area contributed by atoms with Crippen LogP contribution in [0.15, 0.2) is 36.8 Å². The van der Waals surface area contributed by atoms with E-state index < -0.39 is 0 Å². The van der Waals surface area contributed by atoms with E-state index in [1.165, 1.54) is 5.56 Å². The Morgan fingerprint density at radius 1 is 0.800 bits per heavy atom. The van der Waals surface area contributed by atoms with Crippen LogP contribution in [0, 0.1) is 0 Å². The van der Waals surface area contributed by atoms with Gasteiger partial charge in [0.2, 0.25) is 17.6 Å². The summed E-state index contributed by atoms with van der Waals surface area (Å²) in [7, 11) is 4.90. The van der Waals surface area contributed by atoms with Crippen molar-refractivity contribution < 1.29 is 14.2 Å². The second-order valence-corrected chi connectivity index (χ2v) is 8.66. The quantitative estimate of drug-likeness (QED) is 0.504. The first kappa shape index (κ1) is 23.1. The fraction of sp³-hybridized carbons (Fsp3) is 0.440. The Bertz CT molecular complexity index is 1130. The standard InChI is InChI=1S/C25H31N7O3/c1-33-21-13-18(14-22(34-2)23(21)35-3)16-30-8-5-20-19(17-30)15-28-25(29-20)32-11-9-31(10-12-32)24-26-6-4-7-27-24/h4,6-7,13-15H,5,8-12,16-17H2,1-3H3. The van der Waals surface area contributed by atoms with Crippen LogP contribution in [-0.2, 0) is 19.5 Å². The number of benzene rings is 1. The Kier molecular flexibility index (Phi) is 6.80. The molecule has 0 saturated carbocycles. The van der Waals surface area contributed by atoms with Gasteiger partial charge >= 0.3 is 0 Å². The smallest absolute Gasteiger partial charge is 0.225 e. The largest absolute Gasteiger partial charge is 0.493 e. The summed E-state index contributed by atoms with van der Waals surface area (Å²) < 4.78 is 16.5. The van der Waals surface area contributed by atoms with Gasteiger partial charge in [0.15, 0.2) is 11.5 Å². The van der Waals surface area contributed by atoms with E-state index in [1.54, 1.807) is 33.7 Å². The van der Waals surface area contributed by atoms with Crippen LogP contribution in [0.25, 0.3) is 0 Å². The van der Waals surface area contributed by atoms with E-state index in [0.29, 0.717) is 17.2 Å². The molecule has 10 nitrogen and oxygen atoms in total. The zero-order valence-corrected chi connectivity index (χ0v) is 20.5. The summed E-state index contributed by atoms with van der Waals surface area (Å²) in [5.74, 6) is 3.55. The molecule has 1 saturated heterocycles. The molecule has 0 radical (unpaired) electrons. The molecule has 1 aromatic carbocycles. The maximum atomic E-state index is 5.51. The SMILES string of the molecule is COc1cc(CN2CCc3nc(N4CCN(c5ncccn5)CC4)ncc3C2)cc(OC)c1OC. The maximum absolute atomic E-state index is 5.51. The number of rotatable bonds is 7. The van der Waals surface area contributed by atoms with Crippen LogP contribution in [-0.4, -0.2) is 78.9 Å². The Morgan fingerprint density at radius 2 is 1.46 bits per heavy atom. The van der Waals surface area contributed by atoms with E-state index in [2.05, 4.69) is 24.7 Å². The summed E-state index contributed by atoms with van der Waals surface area (Å²) >= 11 is 0. The van der Waals surface area contributed by atoms with Crippen LogP contribution in [0.2, 0.25) is 0 Å². The Balaban J connectivity index is 1.23. The summed E-state index contributed by atoms with van der Waals surface area (Å²) in [6.45, 7) is 5.93. The molecular formula is C25H31N7O3. The minimum Gasteiger partial charge on any atom is -0.493 e. The first-order valence-electron chi connectivity index (χ1n) is 11.8. The van der Waals surface area contributed by atoms with Gasteiger partial charge in [0.25, 0.3) is 0 Å². The average Bonchev–Trinajstić information content (AvgIpc) is 2.92. The molecule has 35 heavy (non-hydrogen) atoms. The first-order chi connectivity index (χ1) is 17.2. The fourth-order valence-corrected chi connectivity index (χ4v) is 4.70. The molecule has 3 aromatic rings. The molecule has 0 unspecified atom stereocenters. The highest BCUT2D eigenvalue weighted by Crippen LogP contribution is 2.38. The van der Waals surface area contributed by atoms with Crippen LogP contribution in [0.4, 0.5) is 11.9 Å². The van der Waals surface area contributed by atoms with Gasteiger partial charge in [-0.05, 0) is 23.8 Å². The lowest BCUT2D eigenvalue weighted by atomic mass is 10.1. The van der Waals surface area contributed by atoms with Gasteiger partial charge in [-0.15, -0.1) is 0 Å². The molecule has 1 fully saturated rings. The molecule has 4 heterocycles. The molecule has 0 amide bonds. The number of hydrogen-bond acceptors (Lipinski definition) is 10. The second kappa shape index (κ2) is 10.3. The third-order valence-corrected chi connectivity index (χ3v) is 6.53. The molecule has 184 valence electrons. The second-order valence-electron chi connectivity index (χ2n) is 8.66. The molecule has 0 bridgehead atoms. The summed E-state index contributed by atoms with van der Waals surface area (Å²) in [5, 5.41) is 0. The lowest BCUT2D eigenvalue weighted by molar-refractivity contribution is 0.241. The van der Waals surface area contributed by atoms with Gasteiger partial charge < -0.3 is 24.0 Å². The van der Waals surface area contributed by atoms with E-state index in [9.17, 15) is 0 Å². The minimum atomic E-state index is 0.612. The fourth-order valence-electron chi connectivity index (χ4n) is 4.70. The molecule has 5 rings (SSSR count). The lowest BCUT2D eigenvalue weighted by Gasteiger charge is -2.35. The molecule has 0 spiro atoms. The molecule has 0 atom stereocenters. The van der Waals surface area contributed by atoms with E-state index in [-0.39, 0.29) is 0 Å². The van der Waals surface area contributed by atoms with Gasteiger partial charge in [-0.2, -0.15) is 0 Å². The van der Waals surface area contributed by atoms with Crippen molar-refractivity contribution >= 4 is 11.9 Å². The van der Waals surface area contributed by atoms with Crippen molar-refractivity contribution in [1.29, 1.82) is 0 Å². The molecule has 2 aromatic heterocycles. The predicted molar refractivity (Wildman–Crippen MR) is 132 cm³/mol. The number of anilines is 2. The zero-order valence-electron chi connectivity index (χ0n) is 20.5. The number of ether oxygens (including phenoxy) is 3. The molecule has 0 N–H and O–H groups in total. The van der Waals surface area contributed by atoms with E-state index in [0.717, 1.165) is 75.4 Å². The zero-order chi connectivity index (χ0) is 24.2. The predicted octanol–water partition coefficient (Wildman–Crippen LogP) is 2.18. The number of nitrogens with zero attached hydrogens (tertiary/aromatic N) is 7. The topological polar surface area (TPSA) is 89.0 Å². The van der Waals surface area contributed by atoms with E-state index in [4.69, 9.17) is 24.2 Å².